The minimum Gasteiger partial charge on any atom is -0.369 e. The van der Waals surface area contributed by atoms with Gasteiger partial charge in [0.1, 0.15) is 12.4 Å². The standard InChI is InChI=1S/C22H24N4OS/c27-22(26-18-7-2-1-3-8-18)21(20-10-5-11-28-20)25-19-9-4-6-16(12-19)17-13-23-15-24-14-17/h4-6,9-15,18,21,25H,1-3,7-8H2,(H,26,27). The zero-order valence-corrected chi connectivity index (χ0v) is 16.5. The van der Waals surface area contributed by atoms with E-state index in [1.54, 1.807) is 23.7 Å². The Kier molecular flexibility index (Phi) is 5.97. The lowest BCUT2D eigenvalue weighted by atomic mass is 9.95. The number of anilines is 1. The van der Waals surface area contributed by atoms with Gasteiger partial charge in [0.05, 0.1) is 0 Å². The van der Waals surface area contributed by atoms with Gasteiger partial charge in [0, 0.05) is 34.6 Å². The van der Waals surface area contributed by atoms with Crippen molar-refractivity contribution in [3.8, 4) is 11.1 Å². The number of hydrogen-bond donors (Lipinski definition) is 2. The van der Waals surface area contributed by atoms with E-state index in [-0.39, 0.29) is 5.91 Å². The number of hydrogen-bond acceptors (Lipinski definition) is 5. The lowest BCUT2D eigenvalue weighted by Crippen LogP contribution is -2.41. The second-order valence-electron chi connectivity index (χ2n) is 7.14. The van der Waals surface area contributed by atoms with Gasteiger partial charge in [-0.1, -0.05) is 37.5 Å². The molecule has 4 rings (SSSR count). The SMILES string of the molecule is O=C(NC1CCCCC1)C(Nc1cccc(-c2cncnc2)c1)c1cccs1. The Hall–Kier alpha value is -2.73. The van der Waals surface area contributed by atoms with Gasteiger partial charge in [0.2, 0.25) is 5.91 Å². The molecule has 2 N–H and O–H groups in total. The summed E-state index contributed by atoms with van der Waals surface area (Å²) in [5.74, 6) is 0.0443. The highest BCUT2D eigenvalue weighted by molar-refractivity contribution is 7.10. The molecule has 1 aliphatic rings. The Balaban J connectivity index is 1.54. The van der Waals surface area contributed by atoms with Crippen LogP contribution >= 0.6 is 11.3 Å². The van der Waals surface area contributed by atoms with Crippen molar-refractivity contribution in [2.24, 2.45) is 0 Å². The third-order valence-corrected chi connectivity index (χ3v) is 6.05. The van der Waals surface area contributed by atoms with Crippen LogP contribution in [0.25, 0.3) is 11.1 Å². The van der Waals surface area contributed by atoms with Gasteiger partial charge in [-0.05, 0) is 42.0 Å². The van der Waals surface area contributed by atoms with Crippen LogP contribution in [0, 0.1) is 0 Å². The van der Waals surface area contributed by atoms with Crippen LogP contribution in [0.4, 0.5) is 5.69 Å². The quantitative estimate of drug-likeness (QED) is 0.632. The first-order valence-corrected chi connectivity index (χ1v) is 10.6. The Labute approximate surface area is 169 Å². The minimum atomic E-state index is -0.399. The largest absolute Gasteiger partial charge is 0.369 e. The highest BCUT2D eigenvalue weighted by Gasteiger charge is 2.25. The molecule has 1 aromatic carbocycles. The average molecular weight is 393 g/mol. The molecule has 1 aliphatic carbocycles. The fraction of sp³-hybridized carbons (Fsp3) is 0.318. The van der Waals surface area contributed by atoms with E-state index in [1.807, 2.05) is 41.8 Å². The van der Waals surface area contributed by atoms with Gasteiger partial charge in [-0.15, -0.1) is 11.3 Å². The molecule has 2 aromatic heterocycles. The molecule has 0 radical (unpaired) electrons. The van der Waals surface area contributed by atoms with Crippen molar-refractivity contribution >= 4 is 22.9 Å². The smallest absolute Gasteiger partial charge is 0.248 e. The van der Waals surface area contributed by atoms with Crippen LogP contribution in [0.1, 0.15) is 43.0 Å². The van der Waals surface area contributed by atoms with Gasteiger partial charge in [0.15, 0.2) is 0 Å². The maximum absolute atomic E-state index is 13.1. The van der Waals surface area contributed by atoms with Gasteiger partial charge >= 0.3 is 0 Å². The van der Waals surface area contributed by atoms with Crippen molar-refractivity contribution in [3.05, 3.63) is 65.4 Å². The molecule has 0 aliphatic heterocycles. The molecule has 144 valence electrons. The molecule has 5 nitrogen and oxygen atoms in total. The topological polar surface area (TPSA) is 66.9 Å². The summed E-state index contributed by atoms with van der Waals surface area (Å²) in [5, 5.41) is 8.71. The molecule has 0 spiro atoms. The van der Waals surface area contributed by atoms with Crippen LogP contribution in [-0.4, -0.2) is 21.9 Å². The van der Waals surface area contributed by atoms with Gasteiger partial charge in [-0.25, -0.2) is 9.97 Å². The fourth-order valence-electron chi connectivity index (χ4n) is 3.66. The van der Waals surface area contributed by atoms with E-state index in [0.29, 0.717) is 6.04 Å². The number of benzene rings is 1. The number of carbonyl (C=O) groups excluding carboxylic acids is 1. The van der Waals surface area contributed by atoms with Crippen molar-refractivity contribution in [1.29, 1.82) is 0 Å². The first-order valence-electron chi connectivity index (χ1n) is 9.75. The van der Waals surface area contributed by atoms with E-state index in [1.165, 1.54) is 25.6 Å². The lowest BCUT2D eigenvalue weighted by Gasteiger charge is -2.26. The van der Waals surface area contributed by atoms with E-state index in [0.717, 1.165) is 34.5 Å². The van der Waals surface area contributed by atoms with Crippen molar-refractivity contribution in [1.82, 2.24) is 15.3 Å². The van der Waals surface area contributed by atoms with Crippen molar-refractivity contribution in [2.75, 3.05) is 5.32 Å². The number of nitrogens with one attached hydrogen (secondary N) is 2. The number of thiophene rings is 1. The molecule has 1 saturated carbocycles. The second kappa shape index (κ2) is 8.97. The van der Waals surface area contributed by atoms with E-state index >= 15 is 0 Å². The number of amides is 1. The second-order valence-corrected chi connectivity index (χ2v) is 8.12. The normalized spacial score (nSPS) is 15.7. The van der Waals surface area contributed by atoms with Gasteiger partial charge < -0.3 is 10.6 Å². The number of carbonyl (C=O) groups is 1. The maximum Gasteiger partial charge on any atom is 0.248 e. The Morgan fingerprint density at radius 1 is 1.04 bits per heavy atom. The summed E-state index contributed by atoms with van der Waals surface area (Å²) in [4.78, 5) is 22.3. The van der Waals surface area contributed by atoms with Crippen molar-refractivity contribution in [3.63, 3.8) is 0 Å². The Morgan fingerprint density at radius 3 is 2.61 bits per heavy atom. The molecule has 1 amide bonds. The highest BCUT2D eigenvalue weighted by Crippen LogP contribution is 2.28. The van der Waals surface area contributed by atoms with Crippen LogP contribution in [0.5, 0.6) is 0 Å². The Morgan fingerprint density at radius 2 is 1.86 bits per heavy atom. The van der Waals surface area contributed by atoms with Crippen LogP contribution in [0.3, 0.4) is 0 Å². The average Bonchev–Trinajstić information content (AvgIpc) is 3.28. The summed E-state index contributed by atoms with van der Waals surface area (Å²) in [6, 6.07) is 11.9. The number of aromatic nitrogens is 2. The molecule has 0 saturated heterocycles. The van der Waals surface area contributed by atoms with Crippen LogP contribution in [0.15, 0.2) is 60.5 Å². The fourth-order valence-corrected chi connectivity index (χ4v) is 4.43. The van der Waals surface area contributed by atoms with E-state index in [2.05, 4.69) is 20.6 Å². The zero-order valence-electron chi connectivity index (χ0n) is 15.7. The highest BCUT2D eigenvalue weighted by atomic mass is 32.1. The maximum atomic E-state index is 13.1. The molecule has 1 atom stereocenters. The van der Waals surface area contributed by atoms with Crippen LogP contribution < -0.4 is 10.6 Å². The van der Waals surface area contributed by atoms with Crippen LogP contribution in [-0.2, 0) is 4.79 Å². The first kappa shape index (κ1) is 18.6. The summed E-state index contributed by atoms with van der Waals surface area (Å²) in [6.45, 7) is 0. The van der Waals surface area contributed by atoms with Crippen molar-refractivity contribution < 1.29 is 4.79 Å². The van der Waals surface area contributed by atoms with Gasteiger partial charge in [0.25, 0.3) is 0 Å². The first-order chi connectivity index (χ1) is 13.8. The monoisotopic (exact) mass is 392 g/mol. The summed E-state index contributed by atoms with van der Waals surface area (Å²) in [6.07, 6.45) is 10.9. The Bertz CT molecular complexity index is 892. The zero-order chi connectivity index (χ0) is 19.2. The van der Waals surface area contributed by atoms with Gasteiger partial charge in [-0.3, -0.25) is 4.79 Å². The summed E-state index contributed by atoms with van der Waals surface area (Å²) in [5.41, 5.74) is 2.87. The molecular formula is C22H24N4OS. The predicted octanol–water partition coefficient (Wildman–Crippen LogP) is 4.81. The molecule has 1 unspecified atom stereocenters. The molecule has 2 heterocycles. The molecule has 0 bridgehead atoms. The predicted molar refractivity (Wildman–Crippen MR) is 113 cm³/mol. The summed E-state index contributed by atoms with van der Waals surface area (Å²) < 4.78 is 0. The van der Waals surface area contributed by atoms with E-state index < -0.39 is 6.04 Å². The minimum absolute atomic E-state index is 0.0443. The molecule has 1 fully saturated rings. The molecule has 6 heteroatoms. The van der Waals surface area contributed by atoms with E-state index in [9.17, 15) is 4.79 Å². The molecular weight excluding hydrogens is 368 g/mol. The van der Waals surface area contributed by atoms with Crippen LogP contribution in [0.2, 0.25) is 0 Å². The van der Waals surface area contributed by atoms with E-state index in [4.69, 9.17) is 0 Å². The van der Waals surface area contributed by atoms with Gasteiger partial charge in [-0.2, -0.15) is 0 Å². The number of rotatable bonds is 6. The summed E-state index contributed by atoms with van der Waals surface area (Å²) in [7, 11) is 0. The third-order valence-electron chi connectivity index (χ3n) is 5.11. The summed E-state index contributed by atoms with van der Waals surface area (Å²) >= 11 is 1.60. The van der Waals surface area contributed by atoms with Crippen molar-refractivity contribution in [2.45, 2.75) is 44.2 Å². The molecule has 3 aromatic rings. The number of nitrogens with zero attached hydrogens (tertiary/aromatic N) is 2. The third kappa shape index (κ3) is 4.57. The molecule has 28 heavy (non-hydrogen) atoms. The lowest BCUT2D eigenvalue weighted by molar-refractivity contribution is -0.122.